The van der Waals surface area contributed by atoms with Gasteiger partial charge in [-0.2, -0.15) is 0 Å². The highest BCUT2D eigenvalue weighted by Gasteiger charge is 2.02. The number of nitrogens with zero attached hydrogens (tertiary/aromatic N) is 2. The predicted molar refractivity (Wildman–Crippen MR) is 50.0 cm³/mol. The Kier molecular flexibility index (Phi) is 2.71. The Balaban J connectivity index is 2.97. The summed E-state index contributed by atoms with van der Waals surface area (Å²) in [5.41, 5.74) is 1.21. The summed E-state index contributed by atoms with van der Waals surface area (Å²) >= 11 is 2.34. The van der Waals surface area contributed by atoms with Gasteiger partial charge in [0.1, 0.15) is 3.70 Å². The summed E-state index contributed by atoms with van der Waals surface area (Å²) < 4.78 is 3.43. The molecule has 0 fully saturated rings. The SMILES string of the molecule is CCc1ncn(CC)c1I. The van der Waals surface area contributed by atoms with E-state index in [1.54, 1.807) is 0 Å². The van der Waals surface area contributed by atoms with Crippen LogP contribution in [0.5, 0.6) is 0 Å². The number of imidazole rings is 1. The number of aryl methyl sites for hydroxylation is 2. The van der Waals surface area contributed by atoms with Crippen LogP contribution in [0.25, 0.3) is 0 Å². The fourth-order valence-corrected chi connectivity index (χ4v) is 1.85. The van der Waals surface area contributed by atoms with E-state index >= 15 is 0 Å². The molecule has 56 valence electrons. The van der Waals surface area contributed by atoms with Crippen molar-refractivity contribution in [2.75, 3.05) is 0 Å². The molecular weight excluding hydrogens is 239 g/mol. The lowest BCUT2D eigenvalue weighted by atomic mass is 10.4. The van der Waals surface area contributed by atoms with E-state index in [0.717, 1.165) is 13.0 Å². The first-order valence-electron chi connectivity index (χ1n) is 3.49. The first-order valence-corrected chi connectivity index (χ1v) is 4.57. The molecule has 0 N–H and O–H groups in total. The highest BCUT2D eigenvalue weighted by Crippen LogP contribution is 2.10. The zero-order chi connectivity index (χ0) is 7.56. The van der Waals surface area contributed by atoms with Crippen LogP contribution in [0, 0.1) is 3.70 Å². The van der Waals surface area contributed by atoms with Crippen LogP contribution >= 0.6 is 22.6 Å². The molecule has 1 aromatic rings. The second-order valence-electron chi connectivity index (χ2n) is 2.12. The van der Waals surface area contributed by atoms with Crippen LogP contribution in [0.1, 0.15) is 19.5 Å². The van der Waals surface area contributed by atoms with Crippen molar-refractivity contribution in [2.45, 2.75) is 26.8 Å². The first-order chi connectivity index (χ1) is 4.79. The predicted octanol–water partition coefficient (Wildman–Crippen LogP) is 2.07. The first kappa shape index (κ1) is 8.04. The molecule has 0 atom stereocenters. The summed E-state index contributed by atoms with van der Waals surface area (Å²) in [6, 6.07) is 0. The smallest absolute Gasteiger partial charge is 0.103 e. The van der Waals surface area contributed by atoms with Crippen LogP contribution in [-0.2, 0) is 13.0 Å². The largest absolute Gasteiger partial charge is 0.326 e. The fraction of sp³-hybridized carbons (Fsp3) is 0.571. The summed E-state index contributed by atoms with van der Waals surface area (Å²) in [4.78, 5) is 4.26. The highest BCUT2D eigenvalue weighted by molar-refractivity contribution is 14.1. The van der Waals surface area contributed by atoms with E-state index in [-0.39, 0.29) is 0 Å². The molecule has 0 bridgehead atoms. The van der Waals surface area contributed by atoms with Gasteiger partial charge in [0.15, 0.2) is 0 Å². The maximum atomic E-state index is 4.26. The van der Waals surface area contributed by atoms with Gasteiger partial charge in [0.2, 0.25) is 0 Å². The second-order valence-corrected chi connectivity index (χ2v) is 3.14. The van der Waals surface area contributed by atoms with Crippen molar-refractivity contribution < 1.29 is 0 Å². The molecule has 0 spiro atoms. The molecule has 0 radical (unpaired) electrons. The molecule has 0 aliphatic heterocycles. The van der Waals surface area contributed by atoms with E-state index in [0.29, 0.717) is 0 Å². The molecule has 2 nitrogen and oxygen atoms in total. The van der Waals surface area contributed by atoms with Crippen molar-refractivity contribution >= 4 is 22.6 Å². The molecule has 0 unspecified atom stereocenters. The van der Waals surface area contributed by atoms with Gasteiger partial charge in [0.25, 0.3) is 0 Å². The molecule has 0 saturated carbocycles. The summed E-state index contributed by atoms with van der Waals surface area (Å²) in [5, 5.41) is 0. The number of hydrogen-bond acceptors (Lipinski definition) is 1. The number of rotatable bonds is 2. The van der Waals surface area contributed by atoms with Gasteiger partial charge in [-0.3, -0.25) is 0 Å². The maximum Gasteiger partial charge on any atom is 0.103 e. The normalized spacial score (nSPS) is 10.3. The molecule has 0 aliphatic rings. The highest BCUT2D eigenvalue weighted by atomic mass is 127. The van der Waals surface area contributed by atoms with E-state index in [4.69, 9.17) is 0 Å². The molecule has 3 heteroatoms. The summed E-state index contributed by atoms with van der Waals surface area (Å²) in [6.07, 6.45) is 2.94. The second kappa shape index (κ2) is 3.37. The quantitative estimate of drug-likeness (QED) is 0.734. The van der Waals surface area contributed by atoms with Crippen LogP contribution in [-0.4, -0.2) is 9.55 Å². The monoisotopic (exact) mass is 250 g/mol. The van der Waals surface area contributed by atoms with Crippen LogP contribution in [0.2, 0.25) is 0 Å². The van der Waals surface area contributed by atoms with E-state index < -0.39 is 0 Å². The molecule has 0 amide bonds. The van der Waals surface area contributed by atoms with E-state index in [9.17, 15) is 0 Å². The van der Waals surface area contributed by atoms with Crippen molar-refractivity contribution in [3.8, 4) is 0 Å². The Hall–Kier alpha value is -0.0600. The topological polar surface area (TPSA) is 17.8 Å². The van der Waals surface area contributed by atoms with Crippen molar-refractivity contribution in [1.29, 1.82) is 0 Å². The van der Waals surface area contributed by atoms with E-state index in [2.05, 4.69) is 46.0 Å². The van der Waals surface area contributed by atoms with Gasteiger partial charge in [-0.1, -0.05) is 6.92 Å². The fourth-order valence-electron chi connectivity index (χ4n) is 0.867. The summed E-state index contributed by atoms with van der Waals surface area (Å²) in [5.74, 6) is 0. The number of hydrogen-bond donors (Lipinski definition) is 0. The zero-order valence-electron chi connectivity index (χ0n) is 6.26. The Bertz CT molecular complexity index is 196. The minimum Gasteiger partial charge on any atom is -0.326 e. The van der Waals surface area contributed by atoms with Gasteiger partial charge >= 0.3 is 0 Å². The van der Waals surface area contributed by atoms with Crippen molar-refractivity contribution in [1.82, 2.24) is 9.55 Å². The van der Waals surface area contributed by atoms with E-state index in [1.807, 2.05) is 6.33 Å². The third kappa shape index (κ3) is 1.33. The lowest BCUT2D eigenvalue weighted by molar-refractivity contribution is 0.741. The van der Waals surface area contributed by atoms with Crippen molar-refractivity contribution in [3.05, 3.63) is 15.7 Å². The Morgan fingerprint density at radius 3 is 2.60 bits per heavy atom. The standard InChI is InChI=1S/C7H11IN2/c1-3-6-7(8)10(4-2)5-9-6/h5H,3-4H2,1-2H3. The minimum atomic E-state index is 1.02. The third-order valence-electron chi connectivity index (χ3n) is 1.52. The zero-order valence-corrected chi connectivity index (χ0v) is 8.42. The summed E-state index contributed by atoms with van der Waals surface area (Å²) in [6.45, 7) is 5.28. The van der Waals surface area contributed by atoms with Gasteiger partial charge in [-0.15, -0.1) is 0 Å². The lowest BCUT2D eigenvalue weighted by Gasteiger charge is -1.97. The van der Waals surface area contributed by atoms with Crippen molar-refractivity contribution in [3.63, 3.8) is 0 Å². The molecular formula is C7H11IN2. The lowest BCUT2D eigenvalue weighted by Crippen LogP contribution is -1.95. The molecule has 1 aromatic heterocycles. The maximum absolute atomic E-state index is 4.26. The van der Waals surface area contributed by atoms with Gasteiger partial charge < -0.3 is 4.57 Å². The van der Waals surface area contributed by atoms with Gasteiger partial charge in [0, 0.05) is 6.54 Å². The Labute approximate surface area is 74.8 Å². The van der Waals surface area contributed by atoms with Crippen LogP contribution < -0.4 is 0 Å². The molecule has 0 aromatic carbocycles. The summed E-state index contributed by atoms with van der Waals surface area (Å²) in [7, 11) is 0. The molecule has 10 heavy (non-hydrogen) atoms. The van der Waals surface area contributed by atoms with Crippen LogP contribution in [0.3, 0.4) is 0 Å². The van der Waals surface area contributed by atoms with E-state index in [1.165, 1.54) is 9.39 Å². The minimum absolute atomic E-state index is 1.02. The van der Waals surface area contributed by atoms with Crippen LogP contribution in [0.4, 0.5) is 0 Å². The average molecular weight is 250 g/mol. The van der Waals surface area contributed by atoms with Gasteiger partial charge in [-0.05, 0) is 35.9 Å². The Morgan fingerprint density at radius 1 is 1.60 bits per heavy atom. The van der Waals surface area contributed by atoms with Gasteiger partial charge in [-0.25, -0.2) is 4.98 Å². The third-order valence-corrected chi connectivity index (χ3v) is 2.76. The van der Waals surface area contributed by atoms with Crippen molar-refractivity contribution in [2.24, 2.45) is 0 Å². The molecule has 0 aliphatic carbocycles. The van der Waals surface area contributed by atoms with Crippen LogP contribution in [0.15, 0.2) is 6.33 Å². The molecule has 0 saturated heterocycles. The molecule has 1 heterocycles. The number of halogens is 1. The molecule has 1 rings (SSSR count). The Morgan fingerprint density at radius 2 is 2.30 bits per heavy atom. The van der Waals surface area contributed by atoms with Gasteiger partial charge in [0.05, 0.1) is 12.0 Å². The number of aromatic nitrogens is 2. The average Bonchev–Trinajstić information content (AvgIpc) is 2.30.